The molecular formula is C14H12N6O. The van der Waals surface area contributed by atoms with Gasteiger partial charge < -0.3 is 10.6 Å². The van der Waals surface area contributed by atoms with E-state index in [9.17, 15) is 4.79 Å². The van der Waals surface area contributed by atoms with E-state index in [0.717, 1.165) is 27.8 Å². The average Bonchev–Trinajstić information content (AvgIpc) is 2.95. The van der Waals surface area contributed by atoms with Crippen LogP contribution in [-0.4, -0.2) is 21.2 Å². The highest BCUT2D eigenvalue weighted by molar-refractivity contribution is 5.92. The van der Waals surface area contributed by atoms with E-state index in [1.807, 2.05) is 24.3 Å². The van der Waals surface area contributed by atoms with E-state index in [2.05, 4.69) is 31.1 Å². The first-order valence-corrected chi connectivity index (χ1v) is 6.52. The third-order valence-corrected chi connectivity index (χ3v) is 3.43. The van der Waals surface area contributed by atoms with Crippen LogP contribution in [0.25, 0.3) is 10.9 Å². The zero-order valence-electron chi connectivity index (χ0n) is 11.0. The van der Waals surface area contributed by atoms with Gasteiger partial charge in [0.05, 0.1) is 18.3 Å². The largest absolute Gasteiger partial charge is 0.355 e. The number of carbonyl (C=O) groups excluding carboxylic acids is 1. The van der Waals surface area contributed by atoms with Crippen molar-refractivity contribution in [1.82, 2.24) is 20.5 Å². The van der Waals surface area contributed by atoms with Gasteiger partial charge in [-0.25, -0.2) is 9.78 Å². The number of benzene rings is 1. The number of amides is 2. The number of fused-ring (bicyclic) bond motifs is 2. The molecule has 1 aliphatic heterocycles. The quantitative estimate of drug-likeness (QED) is 0.579. The maximum absolute atomic E-state index is 11.3. The number of pyridine rings is 1. The molecule has 4 rings (SSSR count). The van der Waals surface area contributed by atoms with Crippen LogP contribution in [-0.2, 0) is 6.54 Å². The number of nitrogens with one attached hydrogen (secondary N) is 4. The molecule has 1 aromatic carbocycles. The van der Waals surface area contributed by atoms with E-state index in [1.165, 1.54) is 0 Å². The van der Waals surface area contributed by atoms with E-state index in [0.29, 0.717) is 12.4 Å². The fourth-order valence-corrected chi connectivity index (χ4v) is 2.39. The molecule has 4 N–H and O–H groups in total. The van der Waals surface area contributed by atoms with Crippen LogP contribution >= 0.6 is 0 Å². The van der Waals surface area contributed by atoms with Gasteiger partial charge in [0, 0.05) is 28.5 Å². The number of rotatable bonds is 2. The van der Waals surface area contributed by atoms with Gasteiger partial charge in [-0.1, -0.05) is 0 Å². The lowest BCUT2D eigenvalue weighted by atomic mass is 10.1. The summed E-state index contributed by atoms with van der Waals surface area (Å²) in [5.74, 6) is 0.591. The van der Waals surface area contributed by atoms with Crippen LogP contribution in [0.1, 0.15) is 5.56 Å². The molecule has 0 spiro atoms. The summed E-state index contributed by atoms with van der Waals surface area (Å²) in [4.78, 5) is 15.5. The number of anilines is 3. The maximum Gasteiger partial charge on any atom is 0.320 e. The predicted molar refractivity (Wildman–Crippen MR) is 79.5 cm³/mol. The number of hydrogen-bond donors (Lipinski definition) is 4. The number of urea groups is 1. The summed E-state index contributed by atoms with van der Waals surface area (Å²) < 4.78 is 0. The molecule has 0 fully saturated rings. The molecule has 0 bridgehead atoms. The Balaban J connectivity index is 1.70. The molecule has 0 radical (unpaired) electrons. The van der Waals surface area contributed by atoms with E-state index < -0.39 is 0 Å². The Hall–Kier alpha value is -3.09. The predicted octanol–water partition coefficient (Wildman–Crippen LogP) is 2.34. The molecule has 0 aliphatic carbocycles. The van der Waals surface area contributed by atoms with Gasteiger partial charge in [-0.05, 0) is 24.3 Å². The average molecular weight is 280 g/mol. The maximum atomic E-state index is 11.3. The van der Waals surface area contributed by atoms with Crippen LogP contribution in [0.5, 0.6) is 0 Å². The van der Waals surface area contributed by atoms with Crippen LogP contribution < -0.4 is 16.0 Å². The molecule has 7 heteroatoms. The lowest BCUT2D eigenvalue weighted by Gasteiger charge is -2.20. The van der Waals surface area contributed by atoms with Crippen LogP contribution in [0.3, 0.4) is 0 Å². The molecule has 2 aromatic heterocycles. The van der Waals surface area contributed by atoms with E-state index in [1.54, 1.807) is 12.4 Å². The summed E-state index contributed by atoms with van der Waals surface area (Å²) in [6.45, 7) is 0.450. The third-order valence-electron chi connectivity index (χ3n) is 3.43. The molecule has 0 saturated heterocycles. The summed E-state index contributed by atoms with van der Waals surface area (Å²) >= 11 is 0. The molecule has 7 nitrogen and oxygen atoms in total. The molecule has 0 saturated carbocycles. The lowest BCUT2D eigenvalue weighted by molar-refractivity contribution is 0.250. The van der Waals surface area contributed by atoms with Gasteiger partial charge in [0.1, 0.15) is 5.82 Å². The van der Waals surface area contributed by atoms with E-state index in [4.69, 9.17) is 0 Å². The second-order valence-electron chi connectivity index (χ2n) is 4.79. The fourth-order valence-electron chi connectivity index (χ4n) is 2.39. The summed E-state index contributed by atoms with van der Waals surface area (Å²) in [7, 11) is 0. The highest BCUT2D eigenvalue weighted by Gasteiger charge is 2.18. The first-order valence-electron chi connectivity index (χ1n) is 6.52. The van der Waals surface area contributed by atoms with Crippen molar-refractivity contribution in [1.29, 1.82) is 0 Å². The molecule has 0 unspecified atom stereocenters. The number of aromatic nitrogens is 3. The molecule has 104 valence electrons. The second kappa shape index (κ2) is 4.48. The Morgan fingerprint density at radius 1 is 1.24 bits per heavy atom. The summed E-state index contributed by atoms with van der Waals surface area (Å²) in [5, 5.41) is 16.8. The standard InChI is InChI=1S/C14H12N6O/c21-14-16-7-10-12(3-4-15-13(10)19-14)18-9-1-2-11-8(5-9)6-17-20-11/h1-6H,7H2,(H,17,20)(H3,15,16,18,19,21). The van der Waals surface area contributed by atoms with Crippen molar-refractivity contribution in [2.75, 3.05) is 10.6 Å². The zero-order chi connectivity index (χ0) is 14.2. The zero-order valence-corrected chi connectivity index (χ0v) is 11.0. The Morgan fingerprint density at radius 3 is 3.14 bits per heavy atom. The Morgan fingerprint density at radius 2 is 2.19 bits per heavy atom. The van der Waals surface area contributed by atoms with Crippen LogP contribution in [0.4, 0.5) is 22.0 Å². The second-order valence-corrected chi connectivity index (χ2v) is 4.79. The molecule has 1 aliphatic rings. The monoisotopic (exact) mass is 280 g/mol. The van der Waals surface area contributed by atoms with Crippen molar-refractivity contribution in [3.05, 3.63) is 42.2 Å². The molecule has 0 atom stereocenters. The highest BCUT2D eigenvalue weighted by atomic mass is 16.2. The van der Waals surface area contributed by atoms with Gasteiger partial charge in [0.25, 0.3) is 0 Å². The van der Waals surface area contributed by atoms with Gasteiger partial charge in [-0.15, -0.1) is 0 Å². The fraction of sp³-hybridized carbons (Fsp3) is 0.0714. The summed E-state index contributed by atoms with van der Waals surface area (Å²) in [5.41, 5.74) is 3.79. The van der Waals surface area contributed by atoms with Gasteiger partial charge >= 0.3 is 6.03 Å². The minimum absolute atomic E-state index is 0.230. The minimum atomic E-state index is -0.230. The van der Waals surface area contributed by atoms with Crippen LogP contribution in [0.2, 0.25) is 0 Å². The lowest BCUT2D eigenvalue weighted by Crippen LogP contribution is -2.34. The first kappa shape index (κ1) is 11.7. The van der Waals surface area contributed by atoms with Crippen molar-refractivity contribution in [3.8, 4) is 0 Å². The van der Waals surface area contributed by atoms with Crippen molar-refractivity contribution >= 4 is 34.1 Å². The molecule has 3 heterocycles. The molecule has 21 heavy (non-hydrogen) atoms. The van der Waals surface area contributed by atoms with Crippen molar-refractivity contribution in [2.24, 2.45) is 0 Å². The summed E-state index contributed by atoms with van der Waals surface area (Å²) in [6.07, 6.45) is 3.45. The summed E-state index contributed by atoms with van der Waals surface area (Å²) in [6, 6.07) is 7.62. The van der Waals surface area contributed by atoms with Gasteiger partial charge in [-0.3, -0.25) is 10.4 Å². The number of hydrogen-bond acceptors (Lipinski definition) is 4. The Labute approximate surface area is 119 Å². The van der Waals surface area contributed by atoms with Gasteiger partial charge in [0.2, 0.25) is 0 Å². The number of nitrogens with zero attached hydrogens (tertiary/aromatic N) is 2. The number of carbonyl (C=O) groups is 1. The van der Waals surface area contributed by atoms with Crippen LogP contribution in [0.15, 0.2) is 36.7 Å². The smallest absolute Gasteiger partial charge is 0.320 e. The van der Waals surface area contributed by atoms with Gasteiger partial charge in [0.15, 0.2) is 0 Å². The van der Waals surface area contributed by atoms with Crippen LogP contribution in [0, 0.1) is 0 Å². The Bertz CT molecular complexity index is 840. The number of H-pyrrole nitrogens is 1. The minimum Gasteiger partial charge on any atom is -0.355 e. The van der Waals surface area contributed by atoms with Crippen molar-refractivity contribution in [3.63, 3.8) is 0 Å². The first-order chi connectivity index (χ1) is 10.3. The van der Waals surface area contributed by atoms with Crippen molar-refractivity contribution < 1.29 is 4.79 Å². The van der Waals surface area contributed by atoms with E-state index >= 15 is 0 Å². The molecule has 3 aromatic rings. The number of aromatic amines is 1. The third kappa shape index (κ3) is 2.04. The SMILES string of the molecule is O=C1NCc2c(Nc3ccc4[nH]ncc4c3)ccnc2N1. The molecule has 2 amide bonds. The van der Waals surface area contributed by atoms with Gasteiger partial charge in [-0.2, -0.15) is 5.10 Å². The Kier molecular flexibility index (Phi) is 2.50. The topological polar surface area (TPSA) is 94.7 Å². The van der Waals surface area contributed by atoms with Crippen molar-refractivity contribution in [2.45, 2.75) is 6.54 Å². The molecular weight excluding hydrogens is 268 g/mol. The van der Waals surface area contributed by atoms with E-state index in [-0.39, 0.29) is 6.03 Å². The normalized spacial score (nSPS) is 13.4. The highest BCUT2D eigenvalue weighted by Crippen LogP contribution is 2.28.